The third-order valence-electron chi connectivity index (χ3n) is 6.46. The number of nitrogens with one attached hydrogen (secondary N) is 2. The highest BCUT2D eigenvalue weighted by atomic mass is 32.2. The summed E-state index contributed by atoms with van der Waals surface area (Å²) >= 11 is 0. The van der Waals surface area contributed by atoms with Crippen molar-refractivity contribution in [1.82, 2.24) is 19.9 Å². The summed E-state index contributed by atoms with van der Waals surface area (Å²) in [6, 6.07) is 5.46. The van der Waals surface area contributed by atoms with Gasteiger partial charge in [0.25, 0.3) is 6.43 Å². The molecular weight excluding hydrogens is 473 g/mol. The van der Waals surface area contributed by atoms with E-state index < -0.39 is 23.8 Å². The summed E-state index contributed by atoms with van der Waals surface area (Å²) in [5.74, 6) is 5.33. The number of piperidine rings is 1. The quantitative estimate of drug-likeness (QED) is 0.398. The van der Waals surface area contributed by atoms with Crippen molar-refractivity contribution in [2.24, 2.45) is 0 Å². The van der Waals surface area contributed by atoms with Gasteiger partial charge < -0.3 is 15.5 Å². The highest BCUT2D eigenvalue weighted by Gasteiger charge is 2.24. The van der Waals surface area contributed by atoms with Crippen LogP contribution in [0, 0.1) is 12.7 Å². The van der Waals surface area contributed by atoms with Crippen molar-refractivity contribution in [3.05, 3.63) is 47.0 Å². The van der Waals surface area contributed by atoms with Crippen LogP contribution < -0.4 is 10.6 Å². The molecule has 0 radical (unpaired) electrons. The van der Waals surface area contributed by atoms with Gasteiger partial charge in [-0.15, -0.1) is 0 Å². The zero-order chi connectivity index (χ0) is 25.3. The summed E-state index contributed by atoms with van der Waals surface area (Å²) in [7, 11) is 3.66. The number of aryl methyl sites for hydroxylation is 1. The third kappa shape index (κ3) is 5.28. The van der Waals surface area contributed by atoms with E-state index in [4.69, 9.17) is 4.98 Å². The number of nitrogens with zero attached hydrogens (tertiary/aromatic N) is 4. The minimum absolute atomic E-state index is 0.149. The SMILES string of the molecule is C=S(c1cc2c(N[C@H](C)c3cccc(C(F)F)c3F)nc(C)nc2nc1NC)C1CCN(C)CC1. The fourth-order valence-electron chi connectivity index (χ4n) is 4.44. The molecule has 188 valence electrons. The van der Waals surface area contributed by atoms with Gasteiger partial charge in [0.1, 0.15) is 23.3 Å². The van der Waals surface area contributed by atoms with Crippen LogP contribution in [0.4, 0.5) is 24.8 Å². The van der Waals surface area contributed by atoms with Gasteiger partial charge in [-0.1, -0.05) is 24.1 Å². The molecule has 0 amide bonds. The van der Waals surface area contributed by atoms with Gasteiger partial charge in [-0.3, -0.25) is 0 Å². The minimum Gasteiger partial charge on any atom is -0.372 e. The first kappa shape index (κ1) is 25.4. The topological polar surface area (TPSA) is 66.0 Å². The monoisotopic (exact) mass is 504 g/mol. The number of alkyl halides is 2. The lowest BCUT2D eigenvalue weighted by molar-refractivity contribution is 0.146. The lowest BCUT2D eigenvalue weighted by Gasteiger charge is -2.31. The second-order valence-corrected chi connectivity index (χ2v) is 10.9. The zero-order valence-corrected chi connectivity index (χ0v) is 21.2. The Labute approximate surface area is 206 Å². The van der Waals surface area contributed by atoms with Crippen molar-refractivity contribution in [2.45, 2.75) is 49.3 Å². The van der Waals surface area contributed by atoms with Crippen LogP contribution in [0.5, 0.6) is 0 Å². The maximum absolute atomic E-state index is 14.8. The second-order valence-electron chi connectivity index (χ2n) is 8.92. The Hall–Kier alpha value is -2.72. The van der Waals surface area contributed by atoms with Crippen LogP contribution in [0.25, 0.3) is 11.0 Å². The van der Waals surface area contributed by atoms with Crippen molar-refractivity contribution in [2.75, 3.05) is 37.8 Å². The molecule has 4 rings (SSSR count). The Morgan fingerprint density at radius 3 is 2.46 bits per heavy atom. The summed E-state index contributed by atoms with van der Waals surface area (Å²) in [5, 5.41) is 7.55. The number of benzene rings is 1. The Morgan fingerprint density at radius 2 is 1.80 bits per heavy atom. The molecule has 6 nitrogen and oxygen atoms in total. The lowest BCUT2D eigenvalue weighted by atomic mass is 10.0. The van der Waals surface area contributed by atoms with Crippen molar-refractivity contribution in [3.8, 4) is 0 Å². The van der Waals surface area contributed by atoms with E-state index in [0.717, 1.165) is 42.7 Å². The molecule has 1 aliphatic rings. The molecule has 2 aromatic heterocycles. The number of pyridine rings is 1. The van der Waals surface area contributed by atoms with E-state index in [-0.39, 0.29) is 16.0 Å². The van der Waals surface area contributed by atoms with Gasteiger partial charge in [-0.25, -0.2) is 28.1 Å². The normalized spacial score (nSPS) is 17.0. The van der Waals surface area contributed by atoms with Gasteiger partial charge in [-0.05, 0) is 52.9 Å². The molecule has 0 saturated carbocycles. The first-order valence-corrected chi connectivity index (χ1v) is 13.1. The minimum atomic E-state index is -2.88. The molecular formula is C25H31F3N6S. The molecule has 2 N–H and O–H groups in total. The van der Waals surface area contributed by atoms with Gasteiger partial charge >= 0.3 is 0 Å². The fraction of sp³-hybridized carbons (Fsp3) is 0.440. The summed E-state index contributed by atoms with van der Waals surface area (Å²) < 4.78 is 41.2. The molecule has 1 unspecified atom stereocenters. The van der Waals surface area contributed by atoms with E-state index in [0.29, 0.717) is 27.9 Å². The van der Waals surface area contributed by atoms with E-state index in [2.05, 4.69) is 38.4 Å². The summed E-state index contributed by atoms with van der Waals surface area (Å²) in [6.45, 7) is 5.55. The Kier molecular flexibility index (Phi) is 7.61. The van der Waals surface area contributed by atoms with Gasteiger partial charge in [0.2, 0.25) is 0 Å². The van der Waals surface area contributed by atoms with E-state index in [1.165, 1.54) is 12.1 Å². The number of aromatic nitrogens is 3. The third-order valence-corrected chi connectivity index (χ3v) is 8.62. The zero-order valence-electron chi connectivity index (χ0n) is 20.4. The summed E-state index contributed by atoms with van der Waals surface area (Å²) in [6.07, 6.45) is -0.752. The highest BCUT2D eigenvalue weighted by Crippen LogP contribution is 2.41. The van der Waals surface area contributed by atoms with Gasteiger partial charge in [0, 0.05) is 22.8 Å². The van der Waals surface area contributed by atoms with Crippen molar-refractivity contribution in [3.63, 3.8) is 0 Å². The number of likely N-dealkylation sites (tertiary alicyclic amines) is 1. The second kappa shape index (κ2) is 10.5. The van der Waals surface area contributed by atoms with Crippen molar-refractivity contribution in [1.29, 1.82) is 0 Å². The molecule has 1 fully saturated rings. The van der Waals surface area contributed by atoms with Crippen LogP contribution >= 0.6 is 10.5 Å². The summed E-state index contributed by atoms with van der Waals surface area (Å²) in [5.41, 5.74) is 0.0414. The number of fused-ring (bicyclic) bond motifs is 1. The first-order chi connectivity index (χ1) is 16.7. The number of rotatable bonds is 7. The van der Waals surface area contributed by atoms with Crippen LogP contribution in [-0.4, -0.2) is 58.2 Å². The van der Waals surface area contributed by atoms with Gasteiger partial charge in [0.15, 0.2) is 5.65 Å². The highest BCUT2D eigenvalue weighted by molar-refractivity contribution is 8.14. The molecule has 10 heteroatoms. The standard InChI is InChI=1S/C25H31F3N6S/c1-14(17-7-6-8-18(21(17)26)22(27)28)30-23-19-13-20(35(5)16-9-11-34(4)12-10-16)25(29-3)33-24(19)32-15(2)31-23/h6-8,13-14,16,22H,5,9-12H2,1-4H3,(H2,29,30,31,32,33)/t14-,35?/m1/s1. The molecule has 1 aliphatic heterocycles. The Morgan fingerprint density at radius 1 is 1.11 bits per heavy atom. The van der Waals surface area contributed by atoms with Crippen LogP contribution in [0.1, 0.15) is 49.2 Å². The fourth-order valence-corrected chi connectivity index (χ4v) is 6.24. The first-order valence-electron chi connectivity index (χ1n) is 11.6. The predicted octanol–water partition coefficient (Wildman–Crippen LogP) is 5.78. The Bertz CT molecular complexity index is 1240. The van der Waals surface area contributed by atoms with Crippen LogP contribution in [0.2, 0.25) is 0 Å². The smallest absolute Gasteiger partial charge is 0.266 e. The van der Waals surface area contributed by atoms with Crippen LogP contribution in [-0.2, 0) is 0 Å². The average molecular weight is 505 g/mol. The van der Waals surface area contributed by atoms with Crippen molar-refractivity contribution >= 4 is 39.0 Å². The molecule has 1 aromatic carbocycles. The average Bonchev–Trinajstić information content (AvgIpc) is 2.83. The van der Waals surface area contributed by atoms with E-state index >= 15 is 0 Å². The molecule has 3 aromatic rings. The van der Waals surface area contributed by atoms with E-state index in [1.807, 2.05) is 13.1 Å². The van der Waals surface area contributed by atoms with Gasteiger partial charge in [0.05, 0.1) is 17.0 Å². The van der Waals surface area contributed by atoms with Crippen LogP contribution in [0.15, 0.2) is 29.2 Å². The molecule has 2 atom stereocenters. The van der Waals surface area contributed by atoms with Gasteiger partial charge in [-0.2, -0.15) is 10.5 Å². The molecule has 0 spiro atoms. The predicted molar refractivity (Wildman–Crippen MR) is 139 cm³/mol. The molecule has 1 saturated heterocycles. The number of anilines is 2. The van der Waals surface area contributed by atoms with E-state index in [1.54, 1.807) is 13.8 Å². The van der Waals surface area contributed by atoms with Crippen molar-refractivity contribution < 1.29 is 13.2 Å². The largest absolute Gasteiger partial charge is 0.372 e. The molecule has 0 aliphatic carbocycles. The number of hydrogen-bond acceptors (Lipinski definition) is 6. The Balaban J connectivity index is 1.74. The molecule has 3 heterocycles. The molecule has 35 heavy (non-hydrogen) atoms. The molecule has 0 bridgehead atoms. The number of hydrogen-bond donors (Lipinski definition) is 2. The van der Waals surface area contributed by atoms with Crippen LogP contribution in [0.3, 0.4) is 0 Å². The lowest BCUT2D eigenvalue weighted by Crippen LogP contribution is -2.32. The number of halogens is 3. The maximum Gasteiger partial charge on any atom is 0.266 e. The van der Waals surface area contributed by atoms with E-state index in [9.17, 15) is 13.2 Å². The summed E-state index contributed by atoms with van der Waals surface area (Å²) in [4.78, 5) is 17.2. The maximum atomic E-state index is 14.8.